The molecular weight excluding hydrogens is 288 g/mol. The highest BCUT2D eigenvalue weighted by molar-refractivity contribution is 7.16. The molecule has 0 amide bonds. The molecule has 6 nitrogen and oxygen atoms in total. The molecule has 0 aromatic carbocycles. The van der Waals surface area contributed by atoms with Crippen molar-refractivity contribution in [3.63, 3.8) is 0 Å². The van der Waals surface area contributed by atoms with Crippen molar-refractivity contribution in [1.29, 1.82) is 0 Å². The maximum atomic E-state index is 5.64. The summed E-state index contributed by atoms with van der Waals surface area (Å²) in [4.78, 5) is 10.1. The summed E-state index contributed by atoms with van der Waals surface area (Å²) < 4.78 is 11.1. The number of thiophene rings is 1. The summed E-state index contributed by atoms with van der Waals surface area (Å²) in [5.41, 5.74) is 0. The number of hydrogen-bond acceptors (Lipinski definition) is 7. The van der Waals surface area contributed by atoms with Gasteiger partial charge in [0.1, 0.15) is 10.6 Å². The zero-order valence-corrected chi connectivity index (χ0v) is 12.9. The van der Waals surface area contributed by atoms with Crippen LogP contribution in [0.1, 0.15) is 13.3 Å². The van der Waals surface area contributed by atoms with Gasteiger partial charge in [-0.3, -0.25) is 0 Å². The van der Waals surface area contributed by atoms with Crippen LogP contribution in [0.2, 0.25) is 0 Å². The lowest BCUT2D eigenvalue weighted by Crippen LogP contribution is -2.34. The second-order valence-corrected chi connectivity index (χ2v) is 5.81. The van der Waals surface area contributed by atoms with Crippen molar-refractivity contribution < 1.29 is 9.47 Å². The Hall–Kier alpha value is -1.44. The fourth-order valence-corrected chi connectivity index (χ4v) is 2.93. The van der Waals surface area contributed by atoms with E-state index in [-0.39, 0.29) is 6.10 Å². The molecule has 7 heteroatoms. The molecule has 2 aromatic heterocycles. The van der Waals surface area contributed by atoms with Crippen LogP contribution in [0.15, 0.2) is 11.4 Å². The Balaban J connectivity index is 1.73. The molecule has 1 aliphatic rings. The van der Waals surface area contributed by atoms with Crippen LogP contribution < -0.4 is 10.6 Å². The van der Waals surface area contributed by atoms with Gasteiger partial charge in [-0.2, -0.15) is 4.98 Å². The highest BCUT2D eigenvalue weighted by atomic mass is 32.1. The normalized spacial score (nSPS) is 18.8. The topological polar surface area (TPSA) is 68.3 Å². The maximum absolute atomic E-state index is 5.64. The van der Waals surface area contributed by atoms with Gasteiger partial charge in [-0.05, 0) is 17.9 Å². The van der Waals surface area contributed by atoms with Gasteiger partial charge in [0, 0.05) is 13.1 Å². The van der Waals surface area contributed by atoms with Gasteiger partial charge in [-0.15, -0.1) is 11.3 Å². The van der Waals surface area contributed by atoms with E-state index < -0.39 is 0 Å². The number of hydrogen-bond donors (Lipinski definition) is 2. The van der Waals surface area contributed by atoms with Gasteiger partial charge in [-0.25, -0.2) is 4.98 Å². The number of aromatic nitrogens is 2. The van der Waals surface area contributed by atoms with E-state index in [4.69, 9.17) is 9.47 Å². The Morgan fingerprint density at radius 1 is 1.33 bits per heavy atom. The van der Waals surface area contributed by atoms with Crippen molar-refractivity contribution in [2.24, 2.45) is 0 Å². The molecule has 1 fully saturated rings. The molecule has 1 unspecified atom stereocenters. The molecule has 114 valence electrons. The minimum absolute atomic E-state index is 0.0782. The van der Waals surface area contributed by atoms with Gasteiger partial charge in [0.25, 0.3) is 0 Å². The minimum atomic E-state index is 0.0782. The van der Waals surface area contributed by atoms with Crippen molar-refractivity contribution in [3.05, 3.63) is 11.4 Å². The van der Waals surface area contributed by atoms with Crippen LogP contribution >= 0.6 is 11.3 Å². The van der Waals surface area contributed by atoms with Crippen LogP contribution in [0.5, 0.6) is 0 Å². The van der Waals surface area contributed by atoms with Crippen LogP contribution in [0.4, 0.5) is 11.8 Å². The van der Waals surface area contributed by atoms with Gasteiger partial charge in [0.05, 0.1) is 31.3 Å². The lowest BCUT2D eigenvalue weighted by atomic mass is 10.3. The third-order valence-corrected chi connectivity index (χ3v) is 4.05. The largest absolute Gasteiger partial charge is 0.376 e. The van der Waals surface area contributed by atoms with E-state index in [1.54, 1.807) is 11.3 Å². The Morgan fingerprint density at radius 3 is 3.10 bits per heavy atom. The molecule has 3 rings (SSSR count). The van der Waals surface area contributed by atoms with E-state index >= 15 is 0 Å². The summed E-state index contributed by atoms with van der Waals surface area (Å²) in [6.45, 7) is 5.66. The molecule has 0 aliphatic carbocycles. The van der Waals surface area contributed by atoms with Crippen molar-refractivity contribution in [1.82, 2.24) is 9.97 Å². The summed E-state index contributed by atoms with van der Waals surface area (Å²) in [6, 6.07) is 2.05. The van der Waals surface area contributed by atoms with Crippen LogP contribution in [0.3, 0.4) is 0 Å². The molecule has 21 heavy (non-hydrogen) atoms. The summed E-state index contributed by atoms with van der Waals surface area (Å²) >= 11 is 1.62. The van der Waals surface area contributed by atoms with Crippen LogP contribution in [0.25, 0.3) is 10.2 Å². The Labute approximate surface area is 127 Å². The predicted octanol–water partition coefficient (Wildman–Crippen LogP) is 2.34. The molecule has 3 heterocycles. The molecule has 1 saturated heterocycles. The fourth-order valence-electron chi connectivity index (χ4n) is 2.17. The van der Waals surface area contributed by atoms with Crippen LogP contribution in [0, 0.1) is 0 Å². The highest BCUT2D eigenvalue weighted by Crippen LogP contribution is 2.26. The van der Waals surface area contributed by atoms with E-state index in [0.717, 1.165) is 29.0 Å². The second kappa shape index (κ2) is 7.02. The molecule has 1 atom stereocenters. The number of ether oxygens (including phenoxy) is 2. The van der Waals surface area contributed by atoms with E-state index in [1.165, 1.54) is 0 Å². The molecule has 2 N–H and O–H groups in total. The Bertz CT molecular complexity index is 583. The average molecular weight is 308 g/mol. The van der Waals surface area contributed by atoms with Crippen molar-refractivity contribution in [2.45, 2.75) is 19.4 Å². The first kappa shape index (κ1) is 14.5. The van der Waals surface area contributed by atoms with Gasteiger partial charge in [0.2, 0.25) is 5.95 Å². The van der Waals surface area contributed by atoms with Crippen LogP contribution in [-0.2, 0) is 9.47 Å². The maximum Gasteiger partial charge on any atom is 0.226 e. The average Bonchev–Trinajstić information content (AvgIpc) is 3.00. The lowest BCUT2D eigenvalue weighted by Gasteiger charge is -2.23. The number of anilines is 2. The summed E-state index contributed by atoms with van der Waals surface area (Å²) in [5, 5.41) is 9.70. The fraction of sp³-hybridized carbons (Fsp3) is 0.571. The molecule has 1 aliphatic heterocycles. The van der Waals surface area contributed by atoms with Crippen LogP contribution in [-0.4, -0.2) is 49.0 Å². The van der Waals surface area contributed by atoms with Crippen molar-refractivity contribution in [2.75, 3.05) is 43.5 Å². The molecule has 2 aromatic rings. The van der Waals surface area contributed by atoms with Crippen molar-refractivity contribution in [3.8, 4) is 0 Å². The zero-order valence-electron chi connectivity index (χ0n) is 12.1. The predicted molar refractivity (Wildman–Crippen MR) is 85.2 cm³/mol. The second-order valence-electron chi connectivity index (χ2n) is 4.91. The van der Waals surface area contributed by atoms with Crippen molar-refractivity contribution >= 4 is 33.3 Å². The third kappa shape index (κ3) is 3.61. The van der Waals surface area contributed by atoms with E-state index in [1.807, 2.05) is 11.4 Å². The van der Waals surface area contributed by atoms with Gasteiger partial charge >= 0.3 is 0 Å². The first-order valence-corrected chi connectivity index (χ1v) is 8.17. The first-order chi connectivity index (χ1) is 10.4. The number of nitrogens with zero attached hydrogens (tertiary/aromatic N) is 2. The Morgan fingerprint density at radius 2 is 2.29 bits per heavy atom. The zero-order chi connectivity index (χ0) is 14.5. The Kier molecular flexibility index (Phi) is 4.84. The van der Waals surface area contributed by atoms with E-state index in [0.29, 0.717) is 32.3 Å². The third-order valence-electron chi connectivity index (χ3n) is 3.24. The molecule has 0 bridgehead atoms. The molecular formula is C14H20N4O2S. The number of rotatable bonds is 6. The summed E-state index contributed by atoms with van der Waals surface area (Å²) in [5.74, 6) is 1.53. The smallest absolute Gasteiger partial charge is 0.226 e. The number of fused-ring (bicyclic) bond motifs is 1. The van der Waals surface area contributed by atoms with E-state index in [9.17, 15) is 0 Å². The SMILES string of the molecule is CCCNc1nc(NCC2COCCO2)c2ccsc2n1. The standard InChI is InChI=1S/C14H20N4O2S/c1-2-4-15-14-17-12(11-3-7-21-13(11)18-14)16-8-10-9-19-5-6-20-10/h3,7,10H,2,4-6,8-9H2,1H3,(H2,15,16,17,18). The first-order valence-electron chi connectivity index (χ1n) is 7.29. The van der Waals surface area contributed by atoms with Gasteiger partial charge in [-0.1, -0.05) is 6.92 Å². The highest BCUT2D eigenvalue weighted by Gasteiger charge is 2.15. The summed E-state index contributed by atoms with van der Waals surface area (Å²) in [7, 11) is 0. The lowest BCUT2D eigenvalue weighted by molar-refractivity contribution is -0.0819. The summed E-state index contributed by atoms with van der Waals surface area (Å²) in [6.07, 6.45) is 1.12. The molecule has 0 radical (unpaired) electrons. The molecule has 0 spiro atoms. The minimum Gasteiger partial charge on any atom is -0.376 e. The quantitative estimate of drug-likeness (QED) is 0.854. The van der Waals surface area contributed by atoms with Gasteiger partial charge < -0.3 is 20.1 Å². The van der Waals surface area contributed by atoms with E-state index in [2.05, 4.69) is 27.5 Å². The molecule has 0 saturated carbocycles. The van der Waals surface area contributed by atoms with Gasteiger partial charge in [0.15, 0.2) is 0 Å². The monoisotopic (exact) mass is 308 g/mol. The number of nitrogens with one attached hydrogen (secondary N) is 2.